The van der Waals surface area contributed by atoms with Gasteiger partial charge in [0.25, 0.3) is 5.91 Å². The van der Waals surface area contributed by atoms with E-state index in [-0.39, 0.29) is 5.91 Å². The van der Waals surface area contributed by atoms with E-state index < -0.39 is 0 Å². The number of carbonyl (C=O) groups is 1. The molecule has 6 nitrogen and oxygen atoms in total. The average molecular weight is 477 g/mol. The van der Waals surface area contributed by atoms with Crippen LogP contribution in [0, 0.1) is 6.92 Å². The number of rotatable bonds is 4. The van der Waals surface area contributed by atoms with Crippen LogP contribution >= 0.6 is 23.5 Å². The molecule has 2 aromatic heterocycles. The van der Waals surface area contributed by atoms with Gasteiger partial charge in [-0.15, -0.1) is 0 Å². The lowest BCUT2D eigenvalue weighted by molar-refractivity contribution is 0.102. The summed E-state index contributed by atoms with van der Waals surface area (Å²) in [5, 5.41) is 4.52. The second kappa shape index (κ2) is 9.39. The maximum absolute atomic E-state index is 13.0. The summed E-state index contributed by atoms with van der Waals surface area (Å²) in [7, 11) is 0. The van der Waals surface area contributed by atoms with Crippen molar-refractivity contribution in [3.63, 3.8) is 0 Å². The molecule has 1 saturated heterocycles. The number of nitrogens with zero attached hydrogens (tertiary/aromatic N) is 3. The standard InChI is InChI=1S/C25H21ClN4O2S/c1-16-12-19(30-10-11-32-15-33-30)4-5-20(16)25(31)28-18-3-6-22(26)21(13-18)24-7-2-17-14-27-9-8-23(17)29-24/h2-9,12-14H,10-11,15H2,1H3,(H,28,31). The third kappa shape index (κ3) is 4.66. The number of amides is 1. The van der Waals surface area contributed by atoms with Crippen LogP contribution in [0.15, 0.2) is 67.0 Å². The van der Waals surface area contributed by atoms with Crippen LogP contribution in [0.4, 0.5) is 11.4 Å². The molecule has 0 spiro atoms. The molecule has 4 aromatic rings. The van der Waals surface area contributed by atoms with Crippen LogP contribution in [0.5, 0.6) is 0 Å². The van der Waals surface area contributed by atoms with Crippen molar-refractivity contribution < 1.29 is 9.53 Å². The normalized spacial score (nSPS) is 13.8. The van der Waals surface area contributed by atoms with E-state index in [2.05, 4.69) is 14.6 Å². The van der Waals surface area contributed by atoms with Gasteiger partial charge < -0.3 is 14.4 Å². The lowest BCUT2D eigenvalue weighted by Gasteiger charge is -2.27. The molecule has 3 heterocycles. The van der Waals surface area contributed by atoms with Crippen molar-refractivity contribution in [2.75, 3.05) is 28.7 Å². The van der Waals surface area contributed by atoms with Gasteiger partial charge in [0, 0.05) is 40.3 Å². The maximum atomic E-state index is 13.0. The zero-order chi connectivity index (χ0) is 22.8. The Balaban J connectivity index is 1.38. The largest absolute Gasteiger partial charge is 0.367 e. The molecule has 1 aliphatic rings. The summed E-state index contributed by atoms with van der Waals surface area (Å²) in [5.74, 6) is 0.475. The summed E-state index contributed by atoms with van der Waals surface area (Å²) in [6.45, 7) is 3.48. The van der Waals surface area contributed by atoms with Gasteiger partial charge in [-0.25, -0.2) is 4.98 Å². The number of benzene rings is 2. The molecule has 5 rings (SSSR count). The van der Waals surface area contributed by atoms with Gasteiger partial charge in [-0.1, -0.05) is 11.6 Å². The maximum Gasteiger partial charge on any atom is 0.255 e. The van der Waals surface area contributed by atoms with Crippen molar-refractivity contribution >= 4 is 51.7 Å². The number of fused-ring (bicyclic) bond motifs is 1. The van der Waals surface area contributed by atoms with E-state index in [0.29, 0.717) is 28.8 Å². The lowest BCUT2D eigenvalue weighted by atomic mass is 10.1. The summed E-state index contributed by atoms with van der Waals surface area (Å²) < 4.78 is 7.58. The highest BCUT2D eigenvalue weighted by Crippen LogP contribution is 2.31. The molecular formula is C25H21ClN4O2S. The van der Waals surface area contributed by atoms with Crippen LogP contribution < -0.4 is 9.62 Å². The first-order valence-corrected chi connectivity index (χ1v) is 11.8. The number of aryl methyl sites for hydroxylation is 1. The van der Waals surface area contributed by atoms with Crippen LogP contribution in [0.2, 0.25) is 5.02 Å². The molecule has 33 heavy (non-hydrogen) atoms. The first kappa shape index (κ1) is 21.7. The Hall–Kier alpha value is -3.13. The smallest absolute Gasteiger partial charge is 0.255 e. The summed E-state index contributed by atoms with van der Waals surface area (Å²) >= 11 is 8.10. The first-order valence-electron chi connectivity index (χ1n) is 10.5. The second-order valence-electron chi connectivity index (χ2n) is 7.67. The molecular weight excluding hydrogens is 456 g/mol. The third-order valence-corrected chi connectivity index (χ3v) is 6.77. The molecule has 1 amide bonds. The van der Waals surface area contributed by atoms with Crippen molar-refractivity contribution in [1.82, 2.24) is 9.97 Å². The Bertz CT molecular complexity index is 1340. The van der Waals surface area contributed by atoms with E-state index in [9.17, 15) is 4.79 Å². The lowest BCUT2D eigenvalue weighted by Crippen LogP contribution is -2.26. The fourth-order valence-corrected chi connectivity index (χ4v) is 4.75. The minimum Gasteiger partial charge on any atom is -0.367 e. The predicted molar refractivity (Wildman–Crippen MR) is 135 cm³/mol. The van der Waals surface area contributed by atoms with Crippen molar-refractivity contribution in [3.8, 4) is 11.3 Å². The molecule has 0 radical (unpaired) electrons. The van der Waals surface area contributed by atoms with E-state index in [1.807, 2.05) is 49.4 Å². The Kier molecular flexibility index (Phi) is 6.17. The number of pyridine rings is 2. The van der Waals surface area contributed by atoms with E-state index in [1.165, 1.54) is 0 Å². The van der Waals surface area contributed by atoms with E-state index >= 15 is 0 Å². The molecule has 0 bridgehead atoms. The molecule has 0 aliphatic carbocycles. The van der Waals surface area contributed by atoms with Gasteiger partial charge in [-0.05, 0) is 79.0 Å². The molecule has 0 unspecified atom stereocenters. The molecule has 166 valence electrons. The van der Waals surface area contributed by atoms with Crippen molar-refractivity contribution in [2.24, 2.45) is 0 Å². The average Bonchev–Trinajstić information content (AvgIpc) is 2.85. The number of halogens is 1. The Labute approximate surface area is 201 Å². The van der Waals surface area contributed by atoms with E-state index in [1.54, 1.807) is 36.5 Å². The van der Waals surface area contributed by atoms with Crippen LogP contribution in [-0.2, 0) is 4.74 Å². The third-order valence-electron chi connectivity index (χ3n) is 5.46. The van der Waals surface area contributed by atoms with Crippen LogP contribution in [0.25, 0.3) is 22.2 Å². The van der Waals surface area contributed by atoms with Gasteiger partial charge in [-0.3, -0.25) is 9.78 Å². The summed E-state index contributed by atoms with van der Waals surface area (Å²) in [6, 6.07) is 17.0. The molecule has 2 aromatic carbocycles. The van der Waals surface area contributed by atoms with Crippen LogP contribution in [-0.4, -0.2) is 35.0 Å². The fraction of sp³-hybridized carbons (Fsp3) is 0.160. The number of hydrogen-bond donors (Lipinski definition) is 1. The minimum atomic E-state index is -0.167. The minimum absolute atomic E-state index is 0.167. The summed E-state index contributed by atoms with van der Waals surface area (Å²) in [5.41, 5.74) is 5.60. The van der Waals surface area contributed by atoms with Crippen LogP contribution in [0.1, 0.15) is 15.9 Å². The Morgan fingerprint density at radius 3 is 2.88 bits per heavy atom. The van der Waals surface area contributed by atoms with Gasteiger partial charge in [0.2, 0.25) is 0 Å². The topological polar surface area (TPSA) is 67.3 Å². The summed E-state index contributed by atoms with van der Waals surface area (Å²) in [6.07, 6.45) is 3.48. The van der Waals surface area contributed by atoms with E-state index in [4.69, 9.17) is 21.3 Å². The Morgan fingerprint density at radius 2 is 2.06 bits per heavy atom. The number of aromatic nitrogens is 2. The monoisotopic (exact) mass is 476 g/mol. The highest BCUT2D eigenvalue weighted by molar-refractivity contribution is 8.00. The molecule has 8 heteroatoms. The number of anilines is 2. The molecule has 0 atom stereocenters. The molecule has 1 aliphatic heterocycles. The van der Waals surface area contributed by atoms with Gasteiger partial charge in [0.1, 0.15) is 5.94 Å². The highest BCUT2D eigenvalue weighted by Gasteiger charge is 2.16. The van der Waals surface area contributed by atoms with Gasteiger partial charge >= 0.3 is 0 Å². The number of nitrogens with one attached hydrogen (secondary N) is 1. The van der Waals surface area contributed by atoms with Crippen molar-refractivity contribution in [2.45, 2.75) is 6.92 Å². The second-order valence-corrected chi connectivity index (χ2v) is 9.01. The van der Waals surface area contributed by atoms with Gasteiger partial charge in [0.15, 0.2) is 0 Å². The SMILES string of the molecule is Cc1cc(N2CCOCS2)ccc1C(=O)Nc1ccc(Cl)c(-c2ccc3cnccc3n2)c1. The van der Waals surface area contributed by atoms with Crippen molar-refractivity contribution in [3.05, 3.63) is 83.1 Å². The molecule has 1 N–H and O–H groups in total. The summed E-state index contributed by atoms with van der Waals surface area (Å²) in [4.78, 5) is 21.8. The number of ether oxygens (including phenoxy) is 1. The zero-order valence-electron chi connectivity index (χ0n) is 17.9. The predicted octanol–water partition coefficient (Wildman–Crippen LogP) is 5.95. The van der Waals surface area contributed by atoms with Crippen LogP contribution in [0.3, 0.4) is 0 Å². The number of carbonyl (C=O) groups excluding carboxylic acids is 1. The zero-order valence-corrected chi connectivity index (χ0v) is 19.5. The number of hydrogen-bond acceptors (Lipinski definition) is 6. The quantitative estimate of drug-likeness (QED) is 0.367. The van der Waals surface area contributed by atoms with Gasteiger partial charge in [0.05, 0.1) is 29.4 Å². The van der Waals surface area contributed by atoms with Crippen molar-refractivity contribution in [1.29, 1.82) is 0 Å². The molecule has 0 saturated carbocycles. The van der Waals surface area contributed by atoms with Gasteiger partial charge in [-0.2, -0.15) is 0 Å². The highest BCUT2D eigenvalue weighted by atomic mass is 35.5. The molecule has 1 fully saturated rings. The Morgan fingerprint density at radius 1 is 1.15 bits per heavy atom. The van der Waals surface area contributed by atoms with E-state index in [0.717, 1.165) is 40.0 Å². The fourth-order valence-electron chi connectivity index (χ4n) is 3.75. The first-order chi connectivity index (χ1) is 16.1.